The van der Waals surface area contributed by atoms with Gasteiger partial charge in [0, 0.05) is 0 Å². The van der Waals surface area contributed by atoms with Gasteiger partial charge in [0.2, 0.25) is 0 Å². The summed E-state index contributed by atoms with van der Waals surface area (Å²) in [5, 5.41) is 0. The Bertz CT molecular complexity index is 358. The molecule has 0 aliphatic rings. The topological polar surface area (TPSA) is 78.1 Å². The normalized spacial score (nSPS) is 9.77. The van der Waals surface area contributed by atoms with Crippen LogP contribution in [0.2, 0.25) is 0 Å². The highest BCUT2D eigenvalue weighted by Crippen LogP contribution is 2.18. The molecule has 1 aromatic rings. The average molecular weight is 358 g/mol. The standard InChI is InChI=1S/C6H5BrIN3O2/c1-13-6(12)2-5(9)11-4(8)3(7)10-2/h1H3,(H2,9,11). The molecule has 0 bridgehead atoms. The third-order valence-corrected chi connectivity index (χ3v) is 3.27. The smallest absolute Gasteiger partial charge is 0.360 e. The van der Waals surface area contributed by atoms with E-state index in [-0.39, 0.29) is 11.5 Å². The largest absolute Gasteiger partial charge is 0.464 e. The number of aromatic nitrogens is 2. The number of halogens is 2. The van der Waals surface area contributed by atoms with Crippen molar-refractivity contribution in [3.8, 4) is 0 Å². The van der Waals surface area contributed by atoms with Gasteiger partial charge in [0.1, 0.15) is 8.30 Å². The Labute approximate surface area is 96.3 Å². The van der Waals surface area contributed by atoms with Crippen molar-refractivity contribution in [1.29, 1.82) is 0 Å². The molecule has 1 aromatic heterocycles. The summed E-state index contributed by atoms with van der Waals surface area (Å²) < 4.78 is 5.54. The summed E-state index contributed by atoms with van der Waals surface area (Å²) >= 11 is 5.08. The summed E-state index contributed by atoms with van der Waals surface area (Å²) in [7, 11) is 1.26. The number of rotatable bonds is 1. The van der Waals surface area contributed by atoms with Gasteiger partial charge in [-0.15, -0.1) is 0 Å². The van der Waals surface area contributed by atoms with Gasteiger partial charge in [-0.3, -0.25) is 0 Å². The maximum Gasteiger partial charge on any atom is 0.360 e. The quantitative estimate of drug-likeness (QED) is 0.603. The predicted molar refractivity (Wildman–Crippen MR) is 58.2 cm³/mol. The third kappa shape index (κ3) is 2.27. The Hall–Kier alpha value is -0.440. The molecule has 0 spiro atoms. The van der Waals surface area contributed by atoms with Gasteiger partial charge in [0.15, 0.2) is 11.5 Å². The molecular formula is C6H5BrIN3O2. The van der Waals surface area contributed by atoms with Crippen LogP contribution >= 0.6 is 38.5 Å². The van der Waals surface area contributed by atoms with Gasteiger partial charge in [0.05, 0.1) is 7.11 Å². The van der Waals surface area contributed by atoms with Crippen LogP contribution in [-0.2, 0) is 4.74 Å². The second-order valence-electron chi connectivity index (χ2n) is 2.03. The maximum atomic E-state index is 11.1. The highest BCUT2D eigenvalue weighted by molar-refractivity contribution is 14.1. The first-order chi connectivity index (χ1) is 6.06. The highest BCUT2D eigenvalue weighted by atomic mass is 127. The number of hydrogen-bond acceptors (Lipinski definition) is 5. The lowest BCUT2D eigenvalue weighted by Gasteiger charge is -2.03. The molecule has 0 aliphatic heterocycles. The van der Waals surface area contributed by atoms with Gasteiger partial charge < -0.3 is 10.5 Å². The average Bonchev–Trinajstić information content (AvgIpc) is 2.10. The molecule has 1 heterocycles. The molecule has 5 nitrogen and oxygen atoms in total. The zero-order chi connectivity index (χ0) is 10.0. The third-order valence-electron chi connectivity index (χ3n) is 1.22. The van der Waals surface area contributed by atoms with Gasteiger partial charge in [0.25, 0.3) is 0 Å². The number of carbonyl (C=O) groups excluding carboxylic acids is 1. The van der Waals surface area contributed by atoms with E-state index in [1.165, 1.54) is 7.11 Å². The van der Waals surface area contributed by atoms with Gasteiger partial charge >= 0.3 is 5.97 Å². The minimum atomic E-state index is -0.595. The molecule has 0 saturated heterocycles. The molecule has 2 N–H and O–H groups in total. The number of esters is 1. The van der Waals surface area contributed by atoms with E-state index in [0.29, 0.717) is 8.30 Å². The summed E-state index contributed by atoms with van der Waals surface area (Å²) in [5.74, 6) is -0.526. The molecule has 0 amide bonds. The first kappa shape index (κ1) is 10.6. The number of methoxy groups -OCH3 is 1. The molecule has 0 unspecified atom stereocenters. The molecule has 0 atom stereocenters. The lowest BCUT2D eigenvalue weighted by molar-refractivity contribution is 0.0594. The van der Waals surface area contributed by atoms with E-state index in [1.807, 2.05) is 22.6 Å². The molecule has 0 fully saturated rings. The van der Waals surface area contributed by atoms with Crippen LogP contribution < -0.4 is 5.73 Å². The monoisotopic (exact) mass is 357 g/mol. The molecule has 0 radical (unpaired) electrons. The summed E-state index contributed by atoms with van der Waals surface area (Å²) in [6, 6.07) is 0. The zero-order valence-electron chi connectivity index (χ0n) is 6.54. The fourth-order valence-electron chi connectivity index (χ4n) is 0.653. The van der Waals surface area contributed by atoms with Crippen molar-refractivity contribution < 1.29 is 9.53 Å². The zero-order valence-corrected chi connectivity index (χ0v) is 10.3. The van der Waals surface area contributed by atoms with Crippen molar-refractivity contribution in [3.63, 3.8) is 0 Å². The Balaban J connectivity index is 3.23. The number of anilines is 1. The second kappa shape index (κ2) is 4.18. The van der Waals surface area contributed by atoms with Crippen LogP contribution in [0.25, 0.3) is 0 Å². The minimum absolute atomic E-state index is 0.0230. The van der Waals surface area contributed by atoms with Crippen LogP contribution in [0.15, 0.2) is 4.60 Å². The lowest BCUT2D eigenvalue weighted by atomic mass is 10.4. The van der Waals surface area contributed by atoms with E-state index < -0.39 is 5.97 Å². The fourth-order valence-corrected chi connectivity index (χ4v) is 1.30. The number of carbonyl (C=O) groups is 1. The van der Waals surface area contributed by atoms with Crippen LogP contribution in [0.1, 0.15) is 10.5 Å². The minimum Gasteiger partial charge on any atom is -0.464 e. The summed E-state index contributed by atoms with van der Waals surface area (Å²) in [5.41, 5.74) is 5.49. The Morgan fingerprint density at radius 3 is 2.77 bits per heavy atom. The summed E-state index contributed by atoms with van der Waals surface area (Å²) in [6.07, 6.45) is 0. The van der Waals surface area contributed by atoms with Crippen LogP contribution in [0.5, 0.6) is 0 Å². The van der Waals surface area contributed by atoms with E-state index in [0.717, 1.165) is 0 Å². The van der Waals surface area contributed by atoms with Gasteiger partial charge in [-0.1, -0.05) is 0 Å². The highest BCUT2D eigenvalue weighted by Gasteiger charge is 2.15. The van der Waals surface area contributed by atoms with Gasteiger partial charge in [-0.05, 0) is 38.5 Å². The number of ether oxygens (including phenoxy) is 1. The molecular weight excluding hydrogens is 353 g/mol. The van der Waals surface area contributed by atoms with Crippen molar-refractivity contribution in [2.45, 2.75) is 0 Å². The predicted octanol–water partition coefficient (Wildman–Crippen LogP) is 1.21. The van der Waals surface area contributed by atoms with E-state index in [9.17, 15) is 4.79 Å². The maximum absolute atomic E-state index is 11.1. The molecule has 0 aliphatic carbocycles. The number of nitrogens with two attached hydrogens (primary N) is 1. The number of hydrogen-bond donors (Lipinski definition) is 1. The van der Waals surface area contributed by atoms with Crippen molar-refractivity contribution in [1.82, 2.24) is 9.97 Å². The van der Waals surface area contributed by atoms with Crippen LogP contribution in [0.4, 0.5) is 5.82 Å². The van der Waals surface area contributed by atoms with E-state index >= 15 is 0 Å². The molecule has 7 heteroatoms. The first-order valence-corrected chi connectivity index (χ1v) is 5.00. The lowest BCUT2D eigenvalue weighted by Crippen LogP contribution is -2.11. The Morgan fingerprint density at radius 1 is 1.62 bits per heavy atom. The number of nitrogens with zero attached hydrogens (tertiary/aromatic N) is 2. The van der Waals surface area contributed by atoms with E-state index in [2.05, 4.69) is 30.6 Å². The van der Waals surface area contributed by atoms with Crippen molar-refractivity contribution >= 4 is 50.3 Å². The number of nitrogen functional groups attached to an aromatic ring is 1. The van der Waals surface area contributed by atoms with Crippen molar-refractivity contribution in [2.24, 2.45) is 0 Å². The molecule has 70 valence electrons. The van der Waals surface area contributed by atoms with E-state index in [4.69, 9.17) is 5.73 Å². The van der Waals surface area contributed by atoms with Gasteiger partial charge in [-0.2, -0.15) is 0 Å². The molecule has 1 rings (SSSR count). The SMILES string of the molecule is COC(=O)c1nc(Br)c(I)nc1N. The molecule has 13 heavy (non-hydrogen) atoms. The summed E-state index contributed by atoms with van der Waals surface area (Å²) in [4.78, 5) is 18.9. The molecule has 0 aromatic carbocycles. The second-order valence-corrected chi connectivity index (χ2v) is 3.80. The van der Waals surface area contributed by atoms with Crippen LogP contribution in [-0.4, -0.2) is 23.0 Å². The van der Waals surface area contributed by atoms with Crippen LogP contribution in [0, 0.1) is 3.70 Å². The molecule has 0 saturated carbocycles. The van der Waals surface area contributed by atoms with E-state index in [1.54, 1.807) is 0 Å². The fraction of sp³-hybridized carbons (Fsp3) is 0.167. The Kier molecular flexibility index (Phi) is 3.42. The Morgan fingerprint density at radius 2 is 2.23 bits per heavy atom. The van der Waals surface area contributed by atoms with Crippen molar-refractivity contribution in [3.05, 3.63) is 14.0 Å². The first-order valence-electron chi connectivity index (χ1n) is 3.13. The van der Waals surface area contributed by atoms with Gasteiger partial charge in [-0.25, -0.2) is 14.8 Å². The van der Waals surface area contributed by atoms with Crippen molar-refractivity contribution in [2.75, 3.05) is 12.8 Å². The van der Waals surface area contributed by atoms with Crippen LogP contribution in [0.3, 0.4) is 0 Å². The summed E-state index contributed by atoms with van der Waals surface area (Å²) in [6.45, 7) is 0.